The summed E-state index contributed by atoms with van der Waals surface area (Å²) in [5.74, 6) is 0. The highest BCUT2D eigenvalue weighted by Gasteiger charge is 2.25. The summed E-state index contributed by atoms with van der Waals surface area (Å²) >= 11 is 5.83. The summed E-state index contributed by atoms with van der Waals surface area (Å²) in [4.78, 5) is 13.0. The van der Waals surface area contributed by atoms with E-state index in [1.165, 1.54) is 0 Å². The smallest absolute Gasteiger partial charge is 0.315 e. The molecular weight excluding hydrogens is 226 g/mol. The number of benzene rings is 1. The van der Waals surface area contributed by atoms with E-state index in [1.54, 1.807) is 4.90 Å². The second-order valence-electron chi connectivity index (χ2n) is 3.80. The van der Waals surface area contributed by atoms with Gasteiger partial charge in [-0.2, -0.15) is 0 Å². The number of nitrogens with two attached hydrogens (primary N) is 1. The molecule has 0 aromatic heterocycles. The number of urea groups is 1. The summed E-state index contributed by atoms with van der Waals surface area (Å²) < 4.78 is 0. The van der Waals surface area contributed by atoms with E-state index in [-0.39, 0.29) is 12.1 Å². The zero-order chi connectivity index (χ0) is 11.5. The Labute approximate surface area is 99.4 Å². The third-order valence-electron chi connectivity index (χ3n) is 2.78. The van der Waals surface area contributed by atoms with E-state index in [0.29, 0.717) is 11.6 Å². The van der Waals surface area contributed by atoms with E-state index in [1.807, 2.05) is 24.3 Å². The minimum Gasteiger partial charge on any atom is -0.351 e. The number of carbonyl (C=O) groups excluding carboxylic acids is 1. The van der Waals surface area contributed by atoms with Crippen LogP contribution in [0.5, 0.6) is 0 Å². The van der Waals surface area contributed by atoms with Crippen molar-refractivity contribution in [2.75, 3.05) is 19.6 Å². The minimum absolute atomic E-state index is 0.00326. The van der Waals surface area contributed by atoms with Crippen molar-refractivity contribution in [3.63, 3.8) is 0 Å². The SMILES string of the molecule is NC(=O)N1CCNCC1c1ccc(Cl)cc1. The number of nitrogens with one attached hydrogen (secondary N) is 1. The van der Waals surface area contributed by atoms with Crippen LogP contribution in [0.1, 0.15) is 11.6 Å². The number of amides is 2. The third-order valence-corrected chi connectivity index (χ3v) is 3.03. The maximum atomic E-state index is 11.3. The molecule has 0 spiro atoms. The summed E-state index contributed by atoms with van der Waals surface area (Å²) in [6, 6.07) is 7.13. The van der Waals surface area contributed by atoms with Crippen LogP contribution in [0.2, 0.25) is 5.02 Å². The molecule has 1 saturated heterocycles. The highest BCUT2D eigenvalue weighted by Crippen LogP contribution is 2.23. The molecule has 3 N–H and O–H groups in total. The molecule has 1 aromatic rings. The number of rotatable bonds is 1. The molecule has 0 aliphatic carbocycles. The van der Waals surface area contributed by atoms with Gasteiger partial charge in [-0.15, -0.1) is 0 Å². The second kappa shape index (κ2) is 4.72. The Morgan fingerprint density at radius 1 is 1.44 bits per heavy atom. The van der Waals surface area contributed by atoms with Crippen LogP contribution >= 0.6 is 11.6 Å². The standard InChI is InChI=1S/C11H14ClN3O/c12-9-3-1-8(2-4-9)10-7-14-5-6-15(10)11(13)16/h1-4,10,14H,5-7H2,(H2,13,16). The van der Waals surface area contributed by atoms with Crippen LogP contribution in [0.25, 0.3) is 0 Å². The van der Waals surface area contributed by atoms with E-state index in [9.17, 15) is 4.79 Å². The lowest BCUT2D eigenvalue weighted by Gasteiger charge is -2.35. The average molecular weight is 240 g/mol. The first-order valence-electron chi connectivity index (χ1n) is 5.21. The maximum Gasteiger partial charge on any atom is 0.315 e. The Morgan fingerprint density at radius 2 is 2.12 bits per heavy atom. The normalized spacial score (nSPS) is 20.8. The molecule has 4 nitrogen and oxygen atoms in total. The van der Waals surface area contributed by atoms with E-state index < -0.39 is 0 Å². The molecule has 1 fully saturated rings. The number of carbonyl (C=O) groups is 1. The zero-order valence-corrected chi connectivity index (χ0v) is 9.57. The number of halogens is 1. The molecule has 2 amide bonds. The van der Waals surface area contributed by atoms with Crippen LogP contribution in [0.4, 0.5) is 4.79 Å². The van der Waals surface area contributed by atoms with Gasteiger partial charge < -0.3 is 16.0 Å². The predicted octanol–water partition coefficient (Wildman–Crippen LogP) is 1.37. The topological polar surface area (TPSA) is 58.4 Å². The van der Waals surface area contributed by atoms with Crippen molar-refractivity contribution in [1.29, 1.82) is 0 Å². The monoisotopic (exact) mass is 239 g/mol. The predicted molar refractivity (Wildman–Crippen MR) is 63.4 cm³/mol. The molecule has 1 aliphatic rings. The molecule has 1 heterocycles. The van der Waals surface area contributed by atoms with Gasteiger partial charge in [-0.05, 0) is 17.7 Å². The Kier molecular flexibility index (Phi) is 3.31. The fourth-order valence-corrected chi connectivity index (χ4v) is 2.08. The number of primary amides is 1. The van der Waals surface area contributed by atoms with Crippen LogP contribution in [0.15, 0.2) is 24.3 Å². The maximum absolute atomic E-state index is 11.3. The number of hydrogen-bond donors (Lipinski definition) is 2. The number of nitrogens with zero attached hydrogens (tertiary/aromatic N) is 1. The van der Waals surface area contributed by atoms with E-state index in [0.717, 1.165) is 18.7 Å². The first-order valence-corrected chi connectivity index (χ1v) is 5.58. The van der Waals surface area contributed by atoms with Crippen LogP contribution < -0.4 is 11.1 Å². The van der Waals surface area contributed by atoms with Crippen LogP contribution in [0, 0.1) is 0 Å². The van der Waals surface area contributed by atoms with Gasteiger partial charge >= 0.3 is 6.03 Å². The molecule has 1 aromatic carbocycles. The Morgan fingerprint density at radius 3 is 2.75 bits per heavy atom. The molecule has 2 rings (SSSR count). The van der Waals surface area contributed by atoms with Gasteiger partial charge in [0.15, 0.2) is 0 Å². The van der Waals surface area contributed by atoms with E-state index in [4.69, 9.17) is 17.3 Å². The van der Waals surface area contributed by atoms with Gasteiger partial charge in [-0.25, -0.2) is 4.79 Å². The third kappa shape index (κ3) is 2.28. The second-order valence-corrected chi connectivity index (χ2v) is 4.24. The summed E-state index contributed by atoms with van der Waals surface area (Å²) in [7, 11) is 0. The van der Waals surface area contributed by atoms with Gasteiger partial charge in [0.2, 0.25) is 0 Å². The Bertz CT molecular complexity index is 379. The summed E-state index contributed by atoms with van der Waals surface area (Å²) in [6.07, 6.45) is 0. The van der Waals surface area contributed by atoms with Gasteiger partial charge in [0.05, 0.1) is 6.04 Å². The molecule has 0 saturated carbocycles. The summed E-state index contributed by atoms with van der Waals surface area (Å²) in [5.41, 5.74) is 6.41. The first-order chi connectivity index (χ1) is 7.68. The molecule has 16 heavy (non-hydrogen) atoms. The van der Waals surface area contributed by atoms with Crippen molar-refractivity contribution in [2.24, 2.45) is 5.73 Å². The molecule has 1 unspecified atom stereocenters. The zero-order valence-electron chi connectivity index (χ0n) is 8.82. The molecule has 1 aliphatic heterocycles. The average Bonchev–Trinajstić information content (AvgIpc) is 2.30. The molecule has 0 bridgehead atoms. The van der Waals surface area contributed by atoms with Crippen molar-refractivity contribution < 1.29 is 4.79 Å². The van der Waals surface area contributed by atoms with Crippen LogP contribution in [0.3, 0.4) is 0 Å². The molecule has 0 radical (unpaired) electrons. The largest absolute Gasteiger partial charge is 0.351 e. The Balaban J connectivity index is 2.23. The highest BCUT2D eigenvalue weighted by atomic mass is 35.5. The molecule has 1 atom stereocenters. The fourth-order valence-electron chi connectivity index (χ4n) is 1.95. The summed E-state index contributed by atoms with van der Waals surface area (Å²) in [5, 5.41) is 3.94. The van der Waals surface area contributed by atoms with Crippen LogP contribution in [-0.2, 0) is 0 Å². The lowest BCUT2D eigenvalue weighted by molar-refractivity contribution is 0.167. The van der Waals surface area contributed by atoms with Gasteiger partial charge in [0.25, 0.3) is 0 Å². The first kappa shape index (κ1) is 11.2. The van der Waals surface area contributed by atoms with Gasteiger partial charge in [-0.3, -0.25) is 0 Å². The quantitative estimate of drug-likeness (QED) is 0.778. The molecule has 86 valence electrons. The van der Waals surface area contributed by atoms with E-state index in [2.05, 4.69) is 5.32 Å². The van der Waals surface area contributed by atoms with Gasteiger partial charge in [-0.1, -0.05) is 23.7 Å². The number of piperazine rings is 1. The molecule has 5 heteroatoms. The lowest BCUT2D eigenvalue weighted by atomic mass is 10.0. The fraction of sp³-hybridized carbons (Fsp3) is 0.364. The van der Waals surface area contributed by atoms with Crippen molar-refractivity contribution in [2.45, 2.75) is 6.04 Å². The number of hydrogen-bond acceptors (Lipinski definition) is 2. The summed E-state index contributed by atoms with van der Waals surface area (Å²) in [6.45, 7) is 2.15. The minimum atomic E-state index is -0.374. The van der Waals surface area contributed by atoms with Crippen molar-refractivity contribution in [3.05, 3.63) is 34.9 Å². The van der Waals surface area contributed by atoms with E-state index >= 15 is 0 Å². The van der Waals surface area contributed by atoms with Crippen molar-refractivity contribution in [1.82, 2.24) is 10.2 Å². The highest BCUT2D eigenvalue weighted by molar-refractivity contribution is 6.30. The van der Waals surface area contributed by atoms with Crippen LogP contribution in [-0.4, -0.2) is 30.6 Å². The van der Waals surface area contributed by atoms with Crippen molar-refractivity contribution >= 4 is 17.6 Å². The van der Waals surface area contributed by atoms with Gasteiger partial charge in [0.1, 0.15) is 0 Å². The lowest BCUT2D eigenvalue weighted by Crippen LogP contribution is -2.50. The van der Waals surface area contributed by atoms with Crippen molar-refractivity contribution in [3.8, 4) is 0 Å². The van der Waals surface area contributed by atoms with Gasteiger partial charge in [0, 0.05) is 24.7 Å². The Hall–Kier alpha value is -1.26. The molecular formula is C11H14ClN3O.